The van der Waals surface area contributed by atoms with Crippen LogP contribution < -0.4 is 11.1 Å². The maximum absolute atomic E-state index is 11.1. The zero-order chi connectivity index (χ0) is 9.84. The molecule has 1 amide bonds. The Bertz CT molecular complexity index is 298. The molecule has 0 saturated carbocycles. The summed E-state index contributed by atoms with van der Waals surface area (Å²) >= 11 is 4.94. The van der Waals surface area contributed by atoms with Gasteiger partial charge >= 0.3 is 0 Å². The maximum atomic E-state index is 11.1. The number of carbonyl (C=O) groups excluding carboxylic acids is 1. The molecule has 0 aliphatic rings. The molecule has 0 aliphatic heterocycles. The van der Waals surface area contributed by atoms with E-state index in [4.69, 9.17) is 5.73 Å². The summed E-state index contributed by atoms with van der Waals surface area (Å²) in [6.45, 7) is 2.22. The van der Waals surface area contributed by atoms with Crippen molar-refractivity contribution in [2.45, 2.75) is 19.5 Å². The minimum Gasteiger partial charge on any atom is -0.350 e. The molecule has 0 spiro atoms. The Hall–Kier alpha value is -0.390. The summed E-state index contributed by atoms with van der Waals surface area (Å²) in [5, 5.41) is 4.72. The average Bonchev–Trinajstić information content (AvgIpc) is 2.47. The van der Waals surface area contributed by atoms with E-state index in [1.807, 2.05) is 11.4 Å². The van der Waals surface area contributed by atoms with Gasteiger partial charge in [-0.15, -0.1) is 11.3 Å². The molecule has 0 saturated heterocycles. The van der Waals surface area contributed by atoms with Crippen LogP contribution in [0.4, 0.5) is 0 Å². The number of hydrogen-bond donors (Lipinski definition) is 2. The molecule has 3 N–H and O–H groups in total. The molecule has 1 unspecified atom stereocenters. The SMILES string of the molecule is CC(N)C(=O)NCc1cc(Br)cs1. The monoisotopic (exact) mass is 262 g/mol. The molecule has 0 aromatic carbocycles. The topological polar surface area (TPSA) is 55.1 Å². The van der Waals surface area contributed by atoms with Crippen molar-refractivity contribution in [2.24, 2.45) is 5.73 Å². The van der Waals surface area contributed by atoms with Crippen LogP contribution in [0.2, 0.25) is 0 Å². The van der Waals surface area contributed by atoms with Crippen LogP contribution in [-0.2, 0) is 11.3 Å². The summed E-state index contributed by atoms with van der Waals surface area (Å²) in [5.74, 6) is -0.121. The van der Waals surface area contributed by atoms with E-state index in [2.05, 4.69) is 21.2 Å². The van der Waals surface area contributed by atoms with Crippen LogP contribution in [0.1, 0.15) is 11.8 Å². The van der Waals surface area contributed by atoms with Crippen molar-refractivity contribution < 1.29 is 4.79 Å². The molecule has 3 nitrogen and oxygen atoms in total. The van der Waals surface area contributed by atoms with Crippen molar-refractivity contribution >= 4 is 33.2 Å². The van der Waals surface area contributed by atoms with Crippen molar-refractivity contribution in [3.63, 3.8) is 0 Å². The Kier molecular flexibility index (Phi) is 3.90. The smallest absolute Gasteiger partial charge is 0.236 e. The molecule has 5 heteroatoms. The van der Waals surface area contributed by atoms with Gasteiger partial charge in [-0.2, -0.15) is 0 Å². The van der Waals surface area contributed by atoms with Crippen molar-refractivity contribution in [1.82, 2.24) is 5.32 Å². The number of carbonyl (C=O) groups is 1. The second-order valence-electron chi connectivity index (χ2n) is 2.74. The van der Waals surface area contributed by atoms with Gasteiger partial charge in [0.25, 0.3) is 0 Å². The molecule has 13 heavy (non-hydrogen) atoms. The molecule has 1 atom stereocenters. The zero-order valence-electron chi connectivity index (χ0n) is 7.21. The van der Waals surface area contributed by atoms with Gasteiger partial charge in [-0.05, 0) is 28.9 Å². The van der Waals surface area contributed by atoms with Gasteiger partial charge in [0.05, 0.1) is 12.6 Å². The molecule has 72 valence electrons. The fourth-order valence-corrected chi connectivity index (χ4v) is 2.17. The highest BCUT2D eigenvalue weighted by molar-refractivity contribution is 9.10. The van der Waals surface area contributed by atoms with Crippen LogP contribution in [-0.4, -0.2) is 11.9 Å². The van der Waals surface area contributed by atoms with Gasteiger partial charge in [-0.25, -0.2) is 0 Å². The third-order valence-electron chi connectivity index (χ3n) is 1.47. The summed E-state index contributed by atoms with van der Waals surface area (Å²) in [5.41, 5.74) is 5.39. The molecule has 0 radical (unpaired) electrons. The quantitative estimate of drug-likeness (QED) is 0.867. The minimum absolute atomic E-state index is 0.121. The number of nitrogens with two attached hydrogens (primary N) is 1. The van der Waals surface area contributed by atoms with Crippen LogP contribution in [0, 0.1) is 0 Å². The molecule has 1 aromatic heterocycles. The van der Waals surface area contributed by atoms with Crippen LogP contribution in [0.3, 0.4) is 0 Å². The lowest BCUT2D eigenvalue weighted by molar-refractivity contribution is -0.122. The molecule has 1 aromatic rings. The first-order valence-electron chi connectivity index (χ1n) is 3.86. The summed E-state index contributed by atoms with van der Waals surface area (Å²) in [6.07, 6.45) is 0. The van der Waals surface area contributed by atoms with Gasteiger partial charge in [0.2, 0.25) is 5.91 Å². The number of halogens is 1. The van der Waals surface area contributed by atoms with E-state index in [0.29, 0.717) is 6.54 Å². The average molecular weight is 263 g/mol. The Morgan fingerprint density at radius 3 is 3.00 bits per heavy atom. The summed E-state index contributed by atoms with van der Waals surface area (Å²) in [7, 11) is 0. The molecular weight excluding hydrogens is 252 g/mol. The van der Waals surface area contributed by atoms with E-state index in [1.165, 1.54) is 0 Å². The molecule has 1 heterocycles. The molecule has 0 fully saturated rings. The van der Waals surface area contributed by atoms with Crippen LogP contribution in [0.25, 0.3) is 0 Å². The van der Waals surface area contributed by atoms with Crippen molar-refractivity contribution in [3.8, 4) is 0 Å². The molecular formula is C8H11BrN2OS. The van der Waals surface area contributed by atoms with Crippen molar-refractivity contribution in [1.29, 1.82) is 0 Å². The van der Waals surface area contributed by atoms with Gasteiger partial charge in [0.15, 0.2) is 0 Å². The summed E-state index contributed by atoms with van der Waals surface area (Å²) in [4.78, 5) is 12.2. The van der Waals surface area contributed by atoms with E-state index in [0.717, 1.165) is 9.35 Å². The highest BCUT2D eigenvalue weighted by atomic mass is 79.9. The lowest BCUT2D eigenvalue weighted by Crippen LogP contribution is -2.37. The highest BCUT2D eigenvalue weighted by Gasteiger charge is 2.06. The Morgan fingerprint density at radius 1 is 1.85 bits per heavy atom. The Labute approximate surface area is 89.5 Å². The fraction of sp³-hybridized carbons (Fsp3) is 0.375. The lowest BCUT2D eigenvalue weighted by Gasteiger charge is -2.05. The van der Waals surface area contributed by atoms with E-state index in [9.17, 15) is 4.79 Å². The summed E-state index contributed by atoms with van der Waals surface area (Å²) < 4.78 is 1.04. The van der Waals surface area contributed by atoms with E-state index >= 15 is 0 Å². The normalized spacial score (nSPS) is 12.5. The Balaban J connectivity index is 2.39. The number of thiophene rings is 1. The first kappa shape index (κ1) is 10.7. The minimum atomic E-state index is -0.441. The fourth-order valence-electron chi connectivity index (χ4n) is 0.782. The van der Waals surface area contributed by atoms with E-state index < -0.39 is 6.04 Å². The first-order valence-corrected chi connectivity index (χ1v) is 5.53. The summed E-state index contributed by atoms with van der Waals surface area (Å²) in [6, 6.07) is 1.54. The maximum Gasteiger partial charge on any atom is 0.236 e. The molecule has 0 aliphatic carbocycles. The standard InChI is InChI=1S/C8H11BrN2OS/c1-5(10)8(12)11-3-7-2-6(9)4-13-7/h2,4-5H,3,10H2,1H3,(H,11,12). The first-order chi connectivity index (χ1) is 6.09. The van der Waals surface area contributed by atoms with E-state index in [-0.39, 0.29) is 5.91 Å². The van der Waals surface area contributed by atoms with Crippen molar-refractivity contribution in [3.05, 3.63) is 20.8 Å². The largest absolute Gasteiger partial charge is 0.350 e. The van der Waals surface area contributed by atoms with Gasteiger partial charge in [-0.3, -0.25) is 4.79 Å². The van der Waals surface area contributed by atoms with Crippen molar-refractivity contribution in [2.75, 3.05) is 0 Å². The third kappa shape index (κ3) is 3.46. The predicted molar refractivity (Wildman–Crippen MR) is 57.5 cm³/mol. The van der Waals surface area contributed by atoms with Crippen LogP contribution >= 0.6 is 27.3 Å². The highest BCUT2D eigenvalue weighted by Crippen LogP contribution is 2.19. The third-order valence-corrected chi connectivity index (χ3v) is 3.17. The number of hydrogen-bond acceptors (Lipinski definition) is 3. The van der Waals surface area contributed by atoms with Crippen LogP contribution in [0.5, 0.6) is 0 Å². The lowest BCUT2D eigenvalue weighted by atomic mass is 10.3. The zero-order valence-corrected chi connectivity index (χ0v) is 9.61. The number of amides is 1. The Morgan fingerprint density at radius 2 is 2.54 bits per heavy atom. The second-order valence-corrected chi connectivity index (χ2v) is 4.65. The van der Waals surface area contributed by atoms with Gasteiger partial charge < -0.3 is 11.1 Å². The molecule has 1 rings (SSSR count). The molecule has 0 bridgehead atoms. The number of nitrogens with one attached hydrogen (secondary N) is 1. The van der Waals surface area contributed by atoms with Crippen LogP contribution in [0.15, 0.2) is 15.9 Å². The van der Waals surface area contributed by atoms with E-state index in [1.54, 1.807) is 18.3 Å². The van der Waals surface area contributed by atoms with Gasteiger partial charge in [0.1, 0.15) is 0 Å². The van der Waals surface area contributed by atoms with Gasteiger partial charge in [-0.1, -0.05) is 0 Å². The second kappa shape index (κ2) is 4.74. The predicted octanol–water partition coefficient (Wildman–Crippen LogP) is 1.47. The van der Waals surface area contributed by atoms with Gasteiger partial charge in [0, 0.05) is 14.7 Å². The number of rotatable bonds is 3.